The van der Waals surface area contributed by atoms with Crippen LogP contribution in [0.4, 0.5) is 5.13 Å². The van der Waals surface area contributed by atoms with Crippen LogP contribution in [0.15, 0.2) is 40.2 Å². The highest BCUT2D eigenvalue weighted by atomic mass is 35.5. The molecule has 7 nitrogen and oxygen atoms in total. The molecular formula is C16H12ClN3O4S. The molecule has 1 aromatic carbocycles. The second-order valence-electron chi connectivity index (χ2n) is 4.98. The van der Waals surface area contributed by atoms with Crippen LogP contribution in [0.3, 0.4) is 0 Å². The van der Waals surface area contributed by atoms with E-state index in [9.17, 15) is 9.59 Å². The summed E-state index contributed by atoms with van der Waals surface area (Å²) in [5.74, 6) is -0.474. The molecule has 0 aliphatic carbocycles. The number of esters is 1. The summed E-state index contributed by atoms with van der Waals surface area (Å²) >= 11 is 6.99. The lowest BCUT2D eigenvalue weighted by Gasteiger charge is -1.99. The second-order valence-corrected chi connectivity index (χ2v) is 6.28. The van der Waals surface area contributed by atoms with Gasteiger partial charge in [-0.25, -0.2) is 9.78 Å². The summed E-state index contributed by atoms with van der Waals surface area (Å²) in [5, 5.41) is 8.91. The van der Waals surface area contributed by atoms with E-state index in [1.165, 1.54) is 12.3 Å². The molecule has 25 heavy (non-hydrogen) atoms. The summed E-state index contributed by atoms with van der Waals surface area (Å²) in [6.07, 6.45) is 0. The lowest BCUT2D eigenvalue weighted by molar-refractivity contribution is -0.114. The van der Waals surface area contributed by atoms with Gasteiger partial charge >= 0.3 is 5.97 Å². The Morgan fingerprint density at radius 3 is 2.80 bits per heavy atom. The molecule has 0 bridgehead atoms. The Balaban J connectivity index is 1.60. The maximum Gasteiger partial charge on any atom is 0.358 e. The highest BCUT2D eigenvalue weighted by molar-refractivity contribution is 7.14. The number of nitrogens with zero attached hydrogens (tertiary/aromatic N) is 2. The van der Waals surface area contributed by atoms with Crippen LogP contribution in [0.2, 0.25) is 5.02 Å². The van der Waals surface area contributed by atoms with Crippen LogP contribution in [-0.4, -0.2) is 22.0 Å². The minimum atomic E-state index is -0.614. The first kappa shape index (κ1) is 17.1. The molecule has 1 amide bonds. The molecule has 0 saturated carbocycles. The van der Waals surface area contributed by atoms with Gasteiger partial charge in [-0.15, -0.1) is 11.3 Å². The molecule has 2 heterocycles. The van der Waals surface area contributed by atoms with Crippen molar-refractivity contribution in [1.82, 2.24) is 10.1 Å². The number of hydrogen-bond donors (Lipinski definition) is 1. The maximum atomic E-state index is 12.0. The smallest absolute Gasteiger partial charge is 0.358 e. The fraction of sp³-hybridized carbons (Fsp3) is 0.125. The summed E-state index contributed by atoms with van der Waals surface area (Å²) in [6.45, 7) is 1.29. The van der Waals surface area contributed by atoms with Crippen LogP contribution in [0.25, 0.3) is 11.3 Å². The number of amides is 1. The number of halogens is 1. The summed E-state index contributed by atoms with van der Waals surface area (Å²) in [7, 11) is 0. The zero-order chi connectivity index (χ0) is 17.8. The van der Waals surface area contributed by atoms with Crippen molar-refractivity contribution in [3.05, 3.63) is 52.2 Å². The van der Waals surface area contributed by atoms with E-state index in [1.54, 1.807) is 18.2 Å². The molecule has 0 radical (unpaired) electrons. The Kier molecular flexibility index (Phi) is 5.11. The normalized spacial score (nSPS) is 10.5. The molecule has 9 heteroatoms. The monoisotopic (exact) mass is 377 g/mol. The molecule has 0 unspecified atom stereocenters. The number of carbonyl (C=O) groups is 2. The number of ether oxygens (including phenoxy) is 1. The van der Waals surface area contributed by atoms with Gasteiger partial charge in [-0.1, -0.05) is 28.9 Å². The fourth-order valence-corrected chi connectivity index (χ4v) is 2.78. The standard InChI is InChI=1S/C16H12ClN3O4S/c1-9(21)18-16-19-14(8-25-16)15(22)23-7-12-6-13(20-24-12)10-2-4-11(17)5-3-10/h2-6,8H,7H2,1H3,(H,18,19,21). The Bertz CT molecular complexity index is 904. The number of thiazole rings is 1. The van der Waals surface area contributed by atoms with E-state index in [-0.39, 0.29) is 18.2 Å². The van der Waals surface area contributed by atoms with Crippen molar-refractivity contribution >= 4 is 39.9 Å². The van der Waals surface area contributed by atoms with Gasteiger partial charge in [0.1, 0.15) is 5.69 Å². The van der Waals surface area contributed by atoms with Crippen molar-refractivity contribution < 1.29 is 18.8 Å². The molecule has 2 aromatic heterocycles. The number of benzene rings is 1. The molecule has 0 atom stereocenters. The van der Waals surface area contributed by atoms with Gasteiger partial charge in [0.15, 0.2) is 23.2 Å². The van der Waals surface area contributed by atoms with Gasteiger partial charge in [-0.2, -0.15) is 0 Å². The number of carbonyl (C=O) groups excluding carboxylic acids is 2. The van der Waals surface area contributed by atoms with Crippen molar-refractivity contribution in [2.24, 2.45) is 0 Å². The van der Waals surface area contributed by atoms with Gasteiger partial charge in [-0.05, 0) is 12.1 Å². The predicted octanol–water partition coefficient (Wildman–Crippen LogP) is 3.77. The van der Waals surface area contributed by atoms with Crippen LogP contribution in [0, 0.1) is 0 Å². The van der Waals surface area contributed by atoms with E-state index in [1.807, 2.05) is 12.1 Å². The Morgan fingerprint density at radius 2 is 2.08 bits per heavy atom. The number of aromatic nitrogens is 2. The third-order valence-electron chi connectivity index (χ3n) is 3.04. The van der Waals surface area contributed by atoms with Gasteiger partial charge in [0, 0.05) is 29.0 Å². The van der Waals surface area contributed by atoms with E-state index >= 15 is 0 Å². The Hall–Kier alpha value is -2.71. The van der Waals surface area contributed by atoms with Crippen LogP contribution in [-0.2, 0) is 16.1 Å². The minimum absolute atomic E-state index is 0.0770. The number of hydrogen-bond acceptors (Lipinski definition) is 7. The molecule has 3 aromatic rings. The summed E-state index contributed by atoms with van der Waals surface area (Å²) < 4.78 is 10.3. The predicted molar refractivity (Wildman–Crippen MR) is 92.5 cm³/mol. The number of nitrogens with one attached hydrogen (secondary N) is 1. The lowest BCUT2D eigenvalue weighted by atomic mass is 10.1. The quantitative estimate of drug-likeness (QED) is 0.680. The minimum Gasteiger partial charge on any atom is -0.453 e. The van der Waals surface area contributed by atoms with Crippen molar-refractivity contribution in [1.29, 1.82) is 0 Å². The number of rotatable bonds is 5. The second kappa shape index (κ2) is 7.45. The van der Waals surface area contributed by atoms with Crippen LogP contribution in [0.5, 0.6) is 0 Å². The number of anilines is 1. The van der Waals surface area contributed by atoms with Gasteiger partial charge < -0.3 is 14.6 Å². The molecule has 128 valence electrons. The van der Waals surface area contributed by atoms with Gasteiger partial charge in [0.05, 0.1) is 0 Å². The molecule has 0 fully saturated rings. The van der Waals surface area contributed by atoms with Crippen LogP contribution >= 0.6 is 22.9 Å². The fourth-order valence-electron chi connectivity index (χ4n) is 1.92. The summed E-state index contributed by atoms with van der Waals surface area (Å²) in [4.78, 5) is 26.9. The average Bonchev–Trinajstić information content (AvgIpc) is 3.22. The van der Waals surface area contributed by atoms with Gasteiger partial charge in [-0.3, -0.25) is 4.79 Å². The third kappa shape index (κ3) is 4.43. The average molecular weight is 378 g/mol. The van der Waals surface area contributed by atoms with Crippen LogP contribution < -0.4 is 5.32 Å². The van der Waals surface area contributed by atoms with Crippen LogP contribution in [0.1, 0.15) is 23.2 Å². The topological polar surface area (TPSA) is 94.3 Å². The van der Waals surface area contributed by atoms with Crippen molar-refractivity contribution in [2.45, 2.75) is 13.5 Å². The maximum absolute atomic E-state index is 12.0. The van der Waals surface area contributed by atoms with Crippen molar-refractivity contribution in [3.63, 3.8) is 0 Å². The molecule has 0 aliphatic rings. The lowest BCUT2D eigenvalue weighted by Crippen LogP contribution is -2.08. The molecule has 1 N–H and O–H groups in total. The first-order valence-electron chi connectivity index (χ1n) is 7.13. The van der Waals surface area contributed by atoms with E-state index in [0.29, 0.717) is 21.6 Å². The largest absolute Gasteiger partial charge is 0.453 e. The van der Waals surface area contributed by atoms with Gasteiger partial charge in [0.25, 0.3) is 0 Å². The van der Waals surface area contributed by atoms with E-state index in [0.717, 1.165) is 16.9 Å². The van der Waals surface area contributed by atoms with E-state index in [4.69, 9.17) is 20.9 Å². The summed E-state index contributed by atoms with van der Waals surface area (Å²) in [6, 6.07) is 8.81. The van der Waals surface area contributed by atoms with E-state index < -0.39 is 5.97 Å². The van der Waals surface area contributed by atoms with Gasteiger partial charge in [0.2, 0.25) is 5.91 Å². The summed E-state index contributed by atoms with van der Waals surface area (Å²) in [5.41, 5.74) is 1.57. The molecule has 0 spiro atoms. The first-order valence-corrected chi connectivity index (χ1v) is 8.39. The molecule has 3 rings (SSSR count). The van der Waals surface area contributed by atoms with Crippen molar-refractivity contribution in [2.75, 3.05) is 5.32 Å². The molecule has 0 aliphatic heterocycles. The molecular weight excluding hydrogens is 366 g/mol. The Morgan fingerprint density at radius 1 is 1.32 bits per heavy atom. The zero-order valence-corrected chi connectivity index (χ0v) is 14.6. The highest BCUT2D eigenvalue weighted by Gasteiger charge is 2.15. The molecule has 0 saturated heterocycles. The van der Waals surface area contributed by atoms with E-state index in [2.05, 4.69) is 15.5 Å². The first-order chi connectivity index (χ1) is 12.0. The van der Waals surface area contributed by atoms with Crippen molar-refractivity contribution in [3.8, 4) is 11.3 Å². The highest BCUT2D eigenvalue weighted by Crippen LogP contribution is 2.22. The SMILES string of the molecule is CC(=O)Nc1nc(C(=O)OCc2cc(-c3ccc(Cl)cc3)no2)cs1. The third-order valence-corrected chi connectivity index (χ3v) is 4.05. The Labute approximate surface area is 151 Å². The zero-order valence-electron chi connectivity index (χ0n) is 13.0.